The Morgan fingerprint density at radius 2 is 1.77 bits per heavy atom. The van der Waals surface area contributed by atoms with Crippen molar-refractivity contribution in [2.75, 3.05) is 6.73 Å². The largest absolute Gasteiger partial charge is 0.478 e. The fourth-order valence-electron chi connectivity index (χ4n) is 3.74. The van der Waals surface area contributed by atoms with Crippen molar-refractivity contribution < 1.29 is 9.15 Å². The number of hydrogen-bond acceptors (Lipinski definition) is 4. The zero-order valence-electron chi connectivity index (χ0n) is 15.9. The molecule has 0 fully saturated rings. The minimum atomic E-state index is -0.388. The maximum absolute atomic E-state index is 12.8. The Hall–Kier alpha value is -2.79. The normalized spacial score (nSPS) is 13.8. The Bertz CT molecular complexity index is 1300. The first-order chi connectivity index (χ1) is 14.6. The lowest BCUT2D eigenvalue weighted by Gasteiger charge is -2.29. The first kappa shape index (κ1) is 19.2. The lowest BCUT2D eigenvalue weighted by molar-refractivity contribution is 0.0890. The zero-order valence-corrected chi connectivity index (χ0v) is 17.4. The van der Waals surface area contributed by atoms with Crippen molar-refractivity contribution in [3.63, 3.8) is 0 Å². The number of ether oxygens (including phenoxy) is 1. The van der Waals surface area contributed by atoms with E-state index in [0.29, 0.717) is 36.0 Å². The van der Waals surface area contributed by atoms with Gasteiger partial charge in [0.1, 0.15) is 18.1 Å². The highest BCUT2D eigenvalue weighted by Gasteiger charge is 2.22. The summed E-state index contributed by atoms with van der Waals surface area (Å²) in [6.45, 7) is 1.68. The number of rotatable bonds is 3. The molecule has 4 aromatic rings. The molecule has 0 atom stereocenters. The maximum atomic E-state index is 12.8. The van der Waals surface area contributed by atoms with Gasteiger partial charge >= 0.3 is 5.63 Å². The summed E-state index contributed by atoms with van der Waals surface area (Å²) in [6, 6.07) is 20.6. The average Bonchev–Trinajstić information content (AvgIpc) is 2.76. The topological polar surface area (TPSA) is 42.7 Å². The number of halogens is 2. The second kappa shape index (κ2) is 7.80. The van der Waals surface area contributed by atoms with Crippen LogP contribution in [0.2, 0.25) is 10.0 Å². The third kappa shape index (κ3) is 3.58. The van der Waals surface area contributed by atoms with Gasteiger partial charge in [0, 0.05) is 28.5 Å². The van der Waals surface area contributed by atoms with Crippen molar-refractivity contribution >= 4 is 34.2 Å². The number of hydrogen-bond donors (Lipinski definition) is 0. The van der Waals surface area contributed by atoms with Gasteiger partial charge in [0.15, 0.2) is 0 Å². The summed E-state index contributed by atoms with van der Waals surface area (Å²) in [5.74, 6) is 0.736. The summed E-state index contributed by atoms with van der Waals surface area (Å²) in [5, 5.41) is 2.19. The second-order valence-electron chi connectivity index (χ2n) is 7.27. The van der Waals surface area contributed by atoms with E-state index in [1.807, 2.05) is 54.6 Å². The van der Waals surface area contributed by atoms with Crippen molar-refractivity contribution in [2.45, 2.75) is 13.1 Å². The monoisotopic (exact) mass is 437 g/mol. The van der Waals surface area contributed by atoms with Crippen LogP contribution < -0.4 is 10.4 Å². The van der Waals surface area contributed by atoms with Crippen molar-refractivity contribution in [1.29, 1.82) is 0 Å². The van der Waals surface area contributed by atoms with Crippen molar-refractivity contribution in [3.8, 4) is 16.9 Å². The van der Waals surface area contributed by atoms with Crippen LogP contribution in [0.4, 0.5) is 0 Å². The Morgan fingerprint density at radius 3 is 2.57 bits per heavy atom. The highest BCUT2D eigenvalue weighted by Crippen LogP contribution is 2.34. The van der Waals surface area contributed by atoms with Gasteiger partial charge < -0.3 is 9.15 Å². The summed E-state index contributed by atoms with van der Waals surface area (Å²) >= 11 is 12.3. The van der Waals surface area contributed by atoms with E-state index >= 15 is 0 Å². The van der Waals surface area contributed by atoms with Gasteiger partial charge in [-0.25, -0.2) is 4.79 Å². The van der Waals surface area contributed by atoms with Crippen LogP contribution in [-0.2, 0) is 13.1 Å². The van der Waals surface area contributed by atoms with Crippen LogP contribution in [0.1, 0.15) is 11.1 Å². The van der Waals surface area contributed by atoms with E-state index in [-0.39, 0.29) is 5.63 Å². The molecule has 1 aromatic heterocycles. The smallest absolute Gasteiger partial charge is 0.344 e. The van der Waals surface area contributed by atoms with Gasteiger partial charge in [-0.2, -0.15) is 0 Å². The minimum absolute atomic E-state index is 0.388. The molecule has 30 heavy (non-hydrogen) atoms. The molecular formula is C24H17Cl2NO3. The van der Waals surface area contributed by atoms with E-state index in [0.717, 1.165) is 32.8 Å². The Morgan fingerprint density at radius 1 is 0.967 bits per heavy atom. The molecule has 0 spiro atoms. The van der Waals surface area contributed by atoms with Crippen LogP contribution in [-0.4, -0.2) is 11.6 Å². The molecule has 2 heterocycles. The summed E-state index contributed by atoms with van der Waals surface area (Å²) in [4.78, 5) is 14.9. The van der Waals surface area contributed by atoms with Gasteiger partial charge in [0.05, 0.1) is 11.1 Å². The molecule has 0 saturated carbocycles. The first-order valence-corrected chi connectivity index (χ1v) is 10.3. The zero-order chi connectivity index (χ0) is 20.7. The average molecular weight is 438 g/mol. The van der Waals surface area contributed by atoms with Gasteiger partial charge in [0.25, 0.3) is 0 Å². The minimum Gasteiger partial charge on any atom is -0.478 e. The molecule has 0 radical (unpaired) electrons. The fraction of sp³-hybridized carbons (Fsp3) is 0.125. The molecule has 0 unspecified atom stereocenters. The summed E-state index contributed by atoms with van der Waals surface area (Å²) in [6.07, 6.45) is 0. The second-order valence-corrected chi connectivity index (χ2v) is 8.11. The highest BCUT2D eigenvalue weighted by molar-refractivity contribution is 6.31. The van der Waals surface area contributed by atoms with Gasteiger partial charge in [-0.3, -0.25) is 4.90 Å². The van der Waals surface area contributed by atoms with E-state index in [2.05, 4.69) is 4.90 Å². The summed E-state index contributed by atoms with van der Waals surface area (Å²) in [5.41, 5.74) is 3.33. The molecule has 0 N–H and O–H groups in total. The van der Waals surface area contributed by atoms with E-state index < -0.39 is 0 Å². The van der Waals surface area contributed by atoms with Crippen molar-refractivity contribution in [3.05, 3.63) is 98.3 Å². The maximum Gasteiger partial charge on any atom is 0.344 e. The van der Waals surface area contributed by atoms with Crippen molar-refractivity contribution in [2.24, 2.45) is 0 Å². The quantitative estimate of drug-likeness (QED) is 0.362. The van der Waals surface area contributed by atoms with Crippen LogP contribution in [0.3, 0.4) is 0 Å². The third-order valence-electron chi connectivity index (χ3n) is 5.25. The lowest BCUT2D eigenvalue weighted by atomic mass is 10.0. The predicted octanol–water partition coefficient (Wildman–Crippen LogP) is 6.12. The van der Waals surface area contributed by atoms with Crippen LogP contribution in [0, 0.1) is 0 Å². The third-order valence-corrected chi connectivity index (χ3v) is 5.87. The Kier molecular flexibility index (Phi) is 4.99. The van der Waals surface area contributed by atoms with E-state index in [1.54, 1.807) is 12.1 Å². The summed E-state index contributed by atoms with van der Waals surface area (Å²) < 4.78 is 11.7. The van der Waals surface area contributed by atoms with E-state index in [1.165, 1.54) is 0 Å². The standard InChI is InChI=1S/C24H17Cl2NO3/c25-18-8-5-15(6-9-18)19-11-16-7-10-22-20(23(16)30-24(19)28)13-27(14-29-22)12-17-3-1-2-4-21(17)26/h1-11H,12-14H2. The molecule has 3 aromatic carbocycles. The Balaban J connectivity index is 1.52. The first-order valence-electron chi connectivity index (χ1n) is 9.53. The van der Waals surface area contributed by atoms with Gasteiger partial charge in [-0.15, -0.1) is 0 Å². The number of fused-ring (bicyclic) bond motifs is 3. The molecule has 1 aliphatic rings. The molecule has 0 aliphatic carbocycles. The van der Waals surface area contributed by atoms with Crippen LogP contribution >= 0.6 is 23.2 Å². The number of nitrogens with zero attached hydrogens (tertiary/aromatic N) is 1. The van der Waals surface area contributed by atoms with Crippen LogP contribution in [0.15, 0.2) is 75.9 Å². The molecule has 1 aliphatic heterocycles. The number of benzene rings is 3. The molecule has 6 heteroatoms. The molecule has 0 bridgehead atoms. The van der Waals surface area contributed by atoms with Gasteiger partial charge in [0.2, 0.25) is 0 Å². The van der Waals surface area contributed by atoms with Crippen LogP contribution in [0.5, 0.6) is 5.75 Å². The molecule has 150 valence electrons. The van der Waals surface area contributed by atoms with E-state index in [9.17, 15) is 4.79 Å². The van der Waals surface area contributed by atoms with Gasteiger partial charge in [-0.1, -0.05) is 53.5 Å². The van der Waals surface area contributed by atoms with Crippen molar-refractivity contribution in [1.82, 2.24) is 4.90 Å². The Labute approximate surface area is 183 Å². The molecular weight excluding hydrogens is 421 g/mol. The molecule has 5 rings (SSSR count). The van der Waals surface area contributed by atoms with Crippen LogP contribution in [0.25, 0.3) is 22.1 Å². The fourth-order valence-corrected chi connectivity index (χ4v) is 4.06. The van der Waals surface area contributed by atoms with E-state index in [4.69, 9.17) is 32.4 Å². The highest BCUT2D eigenvalue weighted by atomic mass is 35.5. The van der Waals surface area contributed by atoms with Gasteiger partial charge in [-0.05, 0) is 47.5 Å². The molecule has 0 amide bonds. The lowest BCUT2D eigenvalue weighted by Crippen LogP contribution is -2.31. The molecule has 4 nitrogen and oxygen atoms in total. The predicted molar refractivity (Wildman–Crippen MR) is 119 cm³/mol. The SMILES string of the molecule is O=c1oc2c3c(ccc2cc1-c1ccc(Cl)cc1)OCN(Cc1ccccc1Cl)C3. The summed E-state index contributed by atoms with van der Waals surface area (Å²) in [7, 11) is 0. The molecule has 0 saturated heterocycles.